The highest BCUT2D eigenvalue weighted by molar-refractivity contribution is 5.43. The molecule has 124 valence electrons. The van der Waals surface area contributed by atoms with Crippen molar-refractivity contribution < 1.29 is 17.9 Å². The predicted molar refractivity (Wildman–Crippen MR) is 84.2 cm³/mol. The second kappa shape index (κ2) is 8.02. The maximum absolute atomic E-state index is 13.2. The highest BCUT2D eigenvalue weighted by Crippen LogP contribution is 2.38. The lowest BCUT2D eigenvalue weighted by molar-refractivity contribution is -0.139. The van der Waals surface area contributed by atoms with Crippen molar-refractivity contribution in [2.24, 2.45) is 0 Å². The Kier molecular flexibility index (Phi) is 6.04. The summed E-state index contributed by atoms with van der Waals surface area (Å²) in [5, 5.41) is 3.12. The number of para-hydroxylation sites is 1. The molecule has 5 heteroatoms. The van der Waals surface area contributed by atoms with Crippen molar-refractivity contribution in [3.05, 3.63) is 65.2 Å². The van der Waals surface area contributed by atoms with Crippen LogP contribution >= 0.6 is 0 Å². The zero-order chi connectivity index (χ0) is 16.7. The molecule has 2 aromatic rings. The molecule has 0 spiro atoms. The Balaban J connectivity index is 2.24. The van der Waals surface area contributed by atoms with Crippen LogP contribution in [0.15, 0.2) is 48.5 Å². The Labute approximate surface area is 134 Å². The molecule has 0 aromatic heterocycles. The van der Waals surface area contributed by atoms with Gasteiger partial charge in [0, 0.05) is 12.1 Å². The van der Waals surface area contributed by atoms with Crippen molar-refractivity contribution in [1.29, 1.82) is 0 Å². The minimum Gasteiger partial charge on any atom is -0.488 e. The van der Waals surface area contributed by atoms with Crippen LogP contribution < -0.4 is 10.1 Å². The van der Waals surface area contributed by atoms with Crippen LogP contribution in [0, 0.1) is 0 Å². The molecule has 2 aromatic carbocycles. The topological polar surface area (TPSA) is 21.3 Å². The van der Waals surface area contributed by atoms with Gasteiger partial charge in [-0.1, -0.05) is 49.4 Å². The molecule has 1 N–H and O–H groups in total. The first-order chi connectivity index (χ1) is 11.0. The van der Waals surface area contributed by atoms with E-state index in [9.17, 15) is 13.2 Å². The third-order valence-corrected chi connectivity index (χ3v) is 3.37. The Bertz CT molecular complexity index is 611. The normalized spacial score (nSPS) is 11.5. The quantitative estimate of drug-likeness (QED) is 0.740. The third-order valence-electron chi connectivity index (χ3n) is 3.37. The van der Waals surface area contributed by atoms with E-state index < -0.39 is 11.7 Å². The molecule has 0 aliphatic carbocycles. The van der Waals surface area contributed by atoms with E-state index in [1.807, 2.05) is 37.3 Å². The first kappa shape index (κ1) is 17.3. The molecule has 0 atom stereocenters. The number of halogens is 3. The van der Waals surface area contributed by atoms with Crippen LogP contribution in [0.4, 0.5) is 13.2 Å². The van der Waals surface area contributed by atoms with E-state index in [1.165, 1.54) is 6.07 Å². The summed E-state index contributed by atoms with van der Waals surface area (Å²) in [7, 11) is 0. The van der Waals surface area contributed by atoms with Gasteiger partial charge in [0.25, 0.3) is 0 Å². The molecule has 23 heavy (non-hydrogen) atoms. The van der Waals surface area contributed by atoms with Gasteiger partial charge in [0.05, 0.1) is 5.56 Å². The maximum Gasteiger partial charge on any atom is 0.419 e. The van der Waals surface area contributed by atoms with Crippen molar-refractivity contribution >= 4 is 0 Å². The number of hydrogen-bond acceptors (Lipinski definition) is 2. The van der Waals surface area contributed by atoms with Gasteiger partial charge in [-0.3, -0.25) is 0 Å². The standard InChI is InChI=1S/C18H20F3NO/c1-2-11-22-12-15-9-6-10-16(18(19,20)21)17(15)23-13-14-7-4-3-5-8-14/h3-10,22H,2,11-13H2,1H3. The number of benzene rings is 2. The van der Waals surface area contributed by atoms with Crippen LogP contribution in [0.25, 0.3) is 0 Å². The number of ether oxygens (including phenoxy) is 1. The molecule has 2 rings (SSSR count). The molecule has 0 saturated carbocycles. The summed E-state index contributed by atoms with van der Waals surface area (Å²) < 4.78 is 45.3. The summed E-state index contributed by atoms with van der Waals surface area (Å²) in [6.07, 6.45) is -3.52. The maximum atomic E-state index is 13.2. The van der Waals surface area contributed by atoms with Gasteiger partial charge in [0.15, 0.2) is 0 Å². The van der Waals surface area contributed by atoms with E-state index in [0.29, 0.717) is 12.1 Å². The number of nitrogens with one attached hydrogen (secondary N) is 1. The largest absolute Gasteiger partial charge is 0.488 e. The molecule has 0 bridgehead atoms. The van der Waals surface area contributed by atoms with E-state index in [1.54, 1.807) is 6.07 Å². The molecule has 0 saturated heterocycles. The fourth-order valence-corrected chi connectivity index (χ4v) is 2.25. The van der Waals surface area contributed by atoms with Gasteiger partial charge in [0.1, 0.15) is 12.4 Å². The Hall–Kier alpha value is -2.01. The highest BCUT2D eigenvalue weighted by Gasteiger charge is 2.35. The average Bonchev–Trinajstić information content (AvgIpc) is 2.53. The minimum absolute atomic E-state index is 0.0903. The van der Waals surface area contributed by atoms with Crippen LogP contribution in [0.5, 0.6) is 5.75 Å². The van der Waals surface area contributed by atoms with Crippen LogP contribution in [0.3, 0.4) is 0 Å². The minimum atomic E-state index is -4.44. The van der Waals surface area contributed by atoms with Crippen LogP contribution in [-0.2, 0) is 19.3 Å². The summed E-state index contributed by atoms with van der Waals surface area (Å²) in [5.41, 5.74) is 0.616. The predicted octanol–water partition coefficient (Wildman–Crippen LogP) is 4.78. The molecule has 0 aliphatic heterocycles. The van der Waals surface area contributed by atoms with E-state index in [2.05, 4.69) is 5.32 Å². The average molecular weight is 323 g/mol. The van der Waals surface area contributed by atoms with Gasteiger partial charge in [-0.05, 0) is 24.6 Å². The molecule has 0 heterocycles. The zero-order valence-electron chi connectivity index (χ0n) is 13.0. The molecule has 0 amide bonds. The first-order valence-corrected chi connectivity index (χ1v) is 7.59. The highest BCUT2D eigenvalue weighted by atomic mass is 19.4. The van der Waals surface area contributed by atoms with Crippen LogP contribution in [0.1, 0.15) is 30.0 Å². The Morgan fingerprint density at radius 2 is 1.74 bits per heavy atom. The van der Waals surface area contributed by atoms with Crippen LogP contribution in [0.2, 0.25) is 0 Å². The molecule has 0 radical (unpaired) electrons. The monoisotopic (exact) mass is 323 g/mol. The number of alkyl halides is 3. The second-order valence-electron chi connectivity index (χ2n) is 5.24. The number of hydrogen-bond donors (Lipinski definition) is 1. The van der Waals surface area contributed by atoms with Crippen molar-refractivity contribution in [3.63, 3.8) is 0 Å². The smallest absolute Gasteiger partial charge is 0.419 e. The fraction of sp³-hybridized carbons (Fsp3) is 0.333. The van der Waals surface area contributed by atoms with Crippen molar-refractivity contribution in [2.45, 2.75) is 32.7 Å². The lowest BCUT2D eigenvalue weighted by Gasteiger charge is -2.18. The van der Waals surface area contributed by atoms with E-state index in [0.717, 1.165) is 24.6 Å². The molecule has 0 aliphatic rings. The number of rotatable bonds is 7. The SMILES string of the molecule is CCCNCc1cccc(C(F)(F)F)c1OCc1ccccc1. The lowest BCUT2D eigenvalue weighted by atomic mass is 10.1. The lowest BCUT2D eigenvalue weighted by Crippen LogP contribution is -2.17. The summed E-state index contributed by atoms with van der Waals surface area (Å²) in [5.74, 6) is -0.0903. The second-order valence-corrected chi connectivity index (χ2v) is 5.24. The van der Waals surface area contributed by atoms with Gasteiger partial charge in [-0.15, -0.1) is 0 Å². The van der Waals surface area contributed by atoms with E-state index in [4.69, 9.17) is 4.74 Å². The summed E-state index contributed by atoms with van der Waals surface area (Å²) >= 11 is 0. The summed E-state index contributed by atoms with van der Waals surface area (Å²) in [6.45, 7) is 3.21. The van der Waals surface area contributed by atoms with Gasteiger partial charge in [-0.2, -0.15) is 13.2 Å². The summed E-state index contributed by atoms with van der Waals surface area (Å²) in [4.78, 5) is 0. The van der Waals surface area contributed by atoms with Crippen molar-refractivity contribution in [3.8, 4) is 5.75 Å². The zero-order valence-corrected chi connectivity index (χ0v) is 13.0. The molecule has 0 fully saturated rings. The van der Waals surface area contributed by atoms with Gasteiger partial charge >= 0.3 is 6.18 Å². The van der Waals surface area contributed by atoms with Gasteiger partial charge < -0.3 is 10.1 Å². The van der Waals surface area contributed by atoms with Crippen molar-refractivity contribution in [2.75, 3.05) is 6.54 Å². The molecular weight excluding hydrogens is 303 g/mol. The third kappa shape index (κ3) is 4.99. The van der Waals surface area contributed by atoms with Gasteiger partial charge in [-0.25, -0.2) is 0 Å². The van der Waals surface area contributed by atoms with E-state index in [-0.39, 0.29) is 12.4 Å². The van der Waals surface area contributed by atoms with Crippen LogP contribution in [-0.4, -0.2) is 6.54 Å². The fourth-order valence-electron chi connectivity index (χ4n) is 2.25. The molecule has 2 nitrogen and oxygen atoms in total. The first-order valence-electron chi connectivity index (χ1n) is 7.59. The van der Waals surface area contributed by atoms with E-state index >= 15 is 0 Å². The Morgan fingerprint density at radius 3 is 2.39 bits per heavy atom. The molecular formula is C18H20F3NO. The Morgan fingerprint density at radius 1 is 1.00 bits per heavy atom. The van der Waals surface area contributed by atoms with Gasteiger partial charge in [0.2, 0.25) is 0 Å². The van der Waals surface area contributed by atoms with Crippen molar-refractivity contribution in [1.82, 2.24) is 5.32 Å². The summed E-state index contributed by atoms with van der Waals surface area (Å²) in [6, 6.07) is 13.3. The molecule has 0 unspecified atom stereocenters.